The molecule has 1 aliphatic carbocycles. The average Bonchev–Trinajstić information content (AvgIpc) is 2.62. The monoisotopic (exact) mass is 358 g/mol. The Morgan fingerprint density at radius 2 is 1.96 bits per heavy atom. The Balaban J connectivity index is 2.13. The summed E-state index contributed by atoms with van der Waals surface area (Å²) in [5, 5.41) is 3.11. The van der Waals surface area contributed by atoms with Gasteiger partial charge in [0.2, 0.25) is 5.91 Å². The Morgan fingerprint density at radius 3 is 2.62 bits per heavy atom. The number of amides is 2. The molecule has 2 amide bonds. The fourth-order valence-electron chi connectivity index (χ4n) is 4.72. The molecular weight excluding hydrogens is 328 g/mol. The van der Waals surface area contributed by atoms with Gasteiger partial charge >= 0.3 is 0 Å². The first kappa shape index (κ1) is 18.9. The zero-order valence-corrected chi connectivity index (χ0v) is 16.1. The van der Waals surface area contributed by atoms with Gasteiger partial charge in [0.1, 0.15) is 0 Å². The molecule has 5 nitrogen and oxygen atoms in total. The fraction of sp³-hybridized carbons (Fsp3) is 0.619. The van der Waals surface area contributed by atoms with Crippen LogP contribution in [0.4, 0.5) is 0 Å². The van der Waals surface area contributed by atoms with Crippen LogP contribution in [0.15, 0.2) is 24.3 Å². The summed E-state index contributed by atoms with van der Waals surface area (Å²) in [6, 6.07) is 7.69. The smallest absolute Gasteiger partial charge is 0.254 e. The maximum absolute atomic E-state index is 13.3. The van der Waals surface area contributed by atoms with E-state index >= 15 is 0 Å². The van der Waals surface area contributed by atoms with E-state index in [0.29, 0.717) is 18.7 Å². The number of carbonyl (C=O) groups excluding carboxylic acids is 2. The largest absolute Gasteiger partial charge is 0.383 e. The van der Waals surface area contributed by atoms with Crippen LogP contribution in [0.25, 0.3) is 0 Å². The van der Waals surface area contributed by atoms with Crippen molar-refractivity contribution in [2.45, 2.75) is 63.5 Å². The number of hydrogen-bond acceptors (Lipinski definition) is 3. The van der Waals surface area contributed by atoms with Crippen LogP contribution in [0.1, 0.15) is 67.8 Å². The standard InChI is InChI=1S/C21H30N2O3/c1-15(2)22-19(24)18-16-9-5-6-10-17(16)20(25)23(13-14-26-3)21(18)11-7-4-8-12-21/h5-6,9-10,15,18H,4,7-8,11-14H2,1-3H3,(H,22,24). The van der Waals surface area contributed by atoms with Crippen molar-refractivity contribution < 1.29 is 14.3 Å². The predicted octanol–water partition coefficient (Wildman–Crippen LogP) is 3.10. The first-order valence-corrected chi connectivity index (χ1v) is 9.71. The lowest BCUT2D eigenvalue weighted by atomic mass is 9.65. The molecular formula is C21H30N2O3. The number of carbonyl (C=O) groups is 2. The van der Waals surface area contributed by atoms with Crippen molar-refractivity contribution in [2.24, 2.45) is 0 Å². The summed E-state index contributed by atoms with van der Waals surface area (Å²) in [4.78, 5) is 28.6. The molecule has 0 radical (unpaired) electrons. The van der Waals surface area contributed by atoms with Gasteiger partial charge in [-0.2, -0.15) is 0 Å². The molecule has 0 aromatic heterocycles. The van der Waals surface area contributed by atoms with Crippen molar-refractivity contribution in [3.05, 3.63) is 35.4 Å². The normalized spacial score (nSPS) is 21.8. The van der Waals surface area contributed by atoms with Crippen molar-refractivity contribution in [1.29, 1.82) is 0 Å². The van der Waals surface area contributed by atoms with Gasteiger partial charge in [-0.25, -0.2) is 0 Å². The summed E-state index contributed by atoms with van der Waals surface area (Å²) in [6.45, 7) is 4.96. The van der Waals surface area contributed by atoms with E-state index in [4.69, 9.17) is 4.74 Å². The molecule has 1 aromatic rings. The molecule has 1 aromatic carbocycles. The Bertz CT molecular complexity index is 665. The highest BCUT2D eigenvalue weighted by molar-refractivity contribution is 6.02. The highest BCUT2D eigenvalue weighted by Crippen LogP contribution is 2.49. The van der Waals surface area contributed by atoms with Crippen LogP contribution >= 0.6 is 0 Å². The van der Waals surface area contributed by atoms with Crippen LogP contribution < -0.4 is 5.32 Å². The van der Waals surface area contributed by atoms with Crippen molar-refractivity contribution in [3.8, 4) is 0 Å². The SMILES string of the molecule is COCCN1C(=O)c2ccccc2C(C(=O)NC(C)C)C12CCCCC2. The molecule has 1 fully saturated rings. The van der Waals surface area contributed by atoms with E-state index < -0.39 is 5.54 Å². The summed E-state index contributed by atoms with van der Waals surface area (Å²) in [6.07, 6.45) is 4.99. The van der Waals surface area contributed by atoms with Crippen LogP contribution in [0.3, 0.4) is 0 Å². The van der Waals surface area contributed by atoms with Gasteiger partial charge in [-0.3, -0.25) is 9.59 Å². The third-order valence-electron chi connectivity index (χ3n) is 5.75. The summed E-state index contributed by atoms with van der Waals surface area (Å²) in [7, 11) is 1.65. The van der Waals surface area contributed by atoms with Gasteiger partial charge in [-0.1, -0.05) is 37.5 Å². The fourth-order valence-corrected chi connectivity index (χ4v) is 4.72. The van der Waals surface area contributed by atoms with Crippen LogP contribution in [0.5, 0.6) is 0 Å². The van der Waals surface area contributed by atoms with Crippen molar-refractivity contribution in [2.75, 3.05) is 20.3 Å². The van der Waals surface area contributed by atoms with Gasteiger partial charge < -0.3 is 15.0 Å². The zero-order valence-electron chi connectivity index (χ0n) is 16.1. The van der Waals surface area contributed by atoms with Gasteiger partial charge in [0.25, 0.3) is 5.91 Å². The second-order valence-corrected chi connectivity index (χ2v) is 7.80. The number of benzene rings is 1. The number of nitrogens with one attached hydrogen (secondary N) is 1. The minimum atomic E-state index is -0.443. The van der Waals surface area contributed by atoms with E-state index in [1.807, 2.05) is 43.0 Å². The molecule has 5 heteroatoms. The minimum Gasteiger partial charge on any atom is -0.383 e. The number of nitrogens with zero attached hydrogens (tertiary/aromatic N) is 1. The first-order chi connectivity index (χ1) is 12.5. The lowest BCUT2D eigenvalue weighted by Crippen LogP contribution is -2.63. The van der Waals surface area contributed by atoms with Crippen molar-refractivity contribution in [3.63, 3.8) is 0 Å². The van der Waals surface area contributed by atoms with Crippen molar-refractivity contribution >= 4 is 11.8 Å². The molecule has 2 aliphatic rings. The van der Waals surface area contributed by atoms with E-state index in [1.165, 1.54) is 0 Å². The molecule has 1 saturated carbocycles. The summed E-state index contributed by atoms with van der Waals surface area (Å²) in [5.74, 6) is -0.256. The highest BCUT2D eigenvalue weighted by atomic mass is 16.5. The Hall–Kier alpha value is -1.88. The second-order valence-electron chi connectivity index (χ2n) is 7.80. The predicted molar refractivity (Wildman–Crippen MR) is 101 cm³/mol. The van der Waals surface area contributed by atoms with Crippen LogP contribution in [-0.4, -0.2) is 48.6 Å². The topological polar surface area (TPSA) is 58.6 Å². The van der Waals surface area contributed by atoms with Crippen LogP contribution in [0.2, 0.25) is 0 Å². The number of methoxy groups -OCH3 is 1. The maximum atomic E-state index is 13.3. The third kappa shape index (κ3) is 3.25. The summed E-state index contributed by atoms with van der Waals surface area (Å²) >= 11 is 0. The van der Waals surface area contributed by atoms with Gasteiger partial charge in [-0.05, 0) is 38.3 Å². The molecule has 26 heavy (non-hydrogen) atoms. The van der Waals surface area contributed by atoms with E-state index in [-0.39, 0.29) is 23.8 Å². The Morgan fingerprint density at radius 1 is 1.27 bits per heavy atom. The molecule has 1 N–H and O–H groups in total. The molecule has 142 valence electrons. The molecule has 1 spiro atoms. The highest BCUT2D eigenvalue weighted by Gasteiger charge is 2.54. The number of ether oxygens (including phenoxy) is 1. The van der Waals surface area contributed by atoms with E-state index in [0.717, 1.165) is 37.7 Å². The number of hydrogen-bond donors (Lipinski definition) is 1. The lowest BCUT2D eigenvalue weighted by molar-refractivity contribution is -0.128. The quantitative estimate of drug-likeness (QED) is 0.880. The second kappa shape index (κ2) is 7.78. The van der Waals surface area contributed by atoms with Crippen molar-refractivity contribution in [1.82, 2.24) is 10.2 Å². The Labute approximate surface area is 156 Å². The van der Waals surface area contributed by atoms with Gasteiger partial charge in [-0.15, -0.1) is 0 Å². The molecule has 1 atom stereocenters. The average molecular weight is 358 g/mol. The molecule has 0 saturated heterocycles. The van der Waals surface area contributed by atoms with Gasteiger partial charge in [0, 0.05) is 25.3 Å². The minimum absolute atomic E-state index is 0.0317. The van der Waals surface area contributed by atoms with Crippen LogP contribution in [-0.2, 0) is 9.53 Å². The summed E-state index contributed by atoms with van der Waals surface area (Å²) in [5.41, 5.74) is 1.09. The molecule has 1 aliphatic heterocycles. The molecule has 1 heterocycles. The zero-order chi connectivity index (χ0) is 18.7. The first-order valence-electron chi connectivity index (χ1n) is 9.71. The van der Waals surface area contributed by atoms with Crippen LogP contribution in [0, 0.1) is 0 Å². The Kier molecular flexibility index (Phi) is 5.66. The maximum Gasteiger partial charge on any atom is 0.254 e. The summed E-state index contributed by atoms with van der Waals surface area (Å²) < 4.78 is 5.28. The number of fused-ring (bicyclic) bond motifs is 1. The molecule has 3 rings (SSSR count). The van der Waals surface area contributed by atoms with E-state index in [1.54, 1.807) is 7.11 Å². The van der Waals surface area contributed by atoms with Gasteiger partial charge in [0.05, 0.1) is 18.1 Å². The third-order valence-corrected chi connectivity index (χ3v) is 5.75. The van der Waals surface area contributed by atoms with E-state index in [9.17, 15) is 9.59 Å². The van der Waals surface area contributed by atoms with Gasteiger partial charge in [0.15, 0.2) is 0 Å². The molecule has 1 unspecified atom stereocenters. The van der Waals surface area contributed by atoms with E-state index in [2.05, 4.69) is 5.32 Å². The molecule has 0 bridgehead atoms. The number of rotatable bonds is 5. The lowest BCUT2D eigenvalue weighted by Gasteiger charge is -2.53.